The first-order valence-corrected chi connectivity index (χ1v) is 16.0. The van der Waals surface area contributed by atoms with Crippen LogP contribution in [0.1, 0.15) is 94.2 Å². The van der Waals surface area contributed by atoms with Gasteiger partial charge in [0.05, 0.1) is 49.4 Å². The van der Waals surface area contributed by atoms with E-state index in [0.29, 0.717) is 35.7 Å². The van der Waals surface area contributed by atoms with E-state index in [1.807, 2.05) is 24.6 Å². The van der Waals surface area contributed by atoms with Gasteiger partial charge in [-0.2, -0.15) is 0 Å². The fourth-order valence-electron chi connectivity index (χ4n) is 6.73. The number of rotatable bonds is 10. The Labute approximate surface area is 265 Å². The van der Waals surface area contributed by atoms with Gasteiger partial charge in [-0.1, -0.05) is 13.8 Å². The number of methoxy groups -OCH3 is 2. The summed E-state index contributed by atoms with van der Waals surface area (Å²) in [5, 5.41) is 19.4. The summed E-state index contributed by atoms with van der Waals surface area (Å²) < 4.78 is 11.2. The summed E-state index contributed by atoms with van der Waals surface area (Å²) in [7, 11) is 3.23. The van der Waals surface area contributed by atoms with Crippen LogP contribution >= 0.6 is 0 Å². The molecule has 9 nitrogen and oxygen atoms in total. The predicted molar refractivity (Wildman–Crippen MR) is 181 cm³/mol. The topological polar surface area (TPSA) is 131 Å². The van der Waals surface area contributed by atoms with Gasteiger partial charge in [0.15, 0.2) is 11.5 Å². The van der Waals surface area contributed by atoms with Crippen LogP contribution in [-0.4, -0.2) is 65.0 Å². The molecule has 9 heteroatoms. The van der Waals surface area contributed by atoms with Crippen LogP contribution in [0.25, 0.3) is 0 Å². The zero-order chi connectivity index (χ0) is 32.1. The van der Waals surface area contributed by atoms with Crippen molar-refractivity contribution >= 4 is 23.8 Å². The Morgan fingerprint density at radius 2 is 1.04 bits per heavy atom. The van der Waals surface area contributed by atoms with Crippen molar-refractivity contribution in [3.05, 3.63) is 79.7 Å². The van der Waals surface area contributed by atoms with Crippen LogP contribution in [0.2, 0.25) is 0 Å². The maximum atomic E-state index is 9.69. The van der Waals surface area contributed by atoms with Crippen molar-refractivity contribution in [2.75, 3.05) is 27.4 Å². The number of nitrogens with zero attached hydrogens (tertiary/aromatic N) is 2. The summed E-state index contributed by atoms with van der Waals surface area (Å²) in [5.74, 6) is 1.15. The third-order valence-electron chi connectivity index (χ3n) is 9.14. The number of aromatic amines is 3. The molecule has 6 bridgehead atoms. The van der Waals surface area contributed by atoms with Crippen molar-refractivity contribution in [1.29, 1.82) is 0 Å². The second-order valence-electron chi connectivity index (χ2n) is 11.7. The minimum atomic E-state index is 0.142. The number of aliphatic hydroxyl groups excluding tert-OH is 2. The highest BCUT2D eigenvalue weighted by Crippen LogP contribution is 2.40. The normalized spacial score (nSPS) is 12.8. The Kier molecular flexibility index (Phi) is 10.3. The maximum Gasteiger partial charge on any atom is 0.163 e. The first-order valence-electron chi connectivity index (χ1n) is 16.0. The third kappa shape index (κ3) is 6.51. The Morgan fingerprint density at radius 3 is 1.40 bits per heavy atom. The number of fused-ring (bicyclic) bond motifs is 7. The van der Waals surface area contributed by atoms with Crippen molar-refractivity contribution in [2.24, 2.45) is 9.98 Å². The van der Waals surface area contributed by atoms with E-state index >= 15 is 0 Å². The van der Waals surface area contributed by atoms with Crippen LogP contribution < -0.4 is 9.47 Å². The molecule has 1 aliphatic rings. The molecule has 1 aromatic carbocycles. The molecule has 240 valence electrons. The highest BCUT2D eigenvalue weighted by atomic mass is 16.5. The molecule has 0 saturated carbocycles. The van der Waals surface area contributed by atoms with E-state index in [1.54, 1.807) is 14.2 Å². The lowest BCUT2D eigenvalue weighted by Crippen LogP contribution is -2.00. The fourth-order valence-corrected chi connectivity index (χ4v) is 6.73. The minimum absolute atomic E-state index is 0.142. The van der Waals surface area contributed by atoms with Crippen LogP contribution in [-0.2, 0) is 38.5 Å². The van der Waals surface area contributed by atoms with Gasteiger partial charge < -0.3 is 34.6 Å². The lowest BCUT2D eigenvalue weighted by atomic mass is 9.97. The van der Waals surface area contributed by atoms with Crippen LogP contribution in [0, 0.1) is 13.8 Å². The molecule has 0 radical (unpaired) electrons. The van der Waals surface area contributed by atoms with Crippen molar-refractivity contribution in [3.8, 4) is 11.5 Å². The Morgan fingerprint density at radius 1 is 0.644 bits per heavy atom. The van der Waals surface area contributed by atoms with E-state index in [-0.39, 0.29) is 13.2 Å². The quantitative estimate of drug-likeness (QED) is 0.127. The largest absolute Gasteiger partial charge is 0.493 e. The van der Waals surface area contributed by atoms with E-state index < -0.39 is 0 Å². The molecule has 0 aliphatic carbocycles. The van der Waals surface area contributed by atoms with Gasteiger partial charge in [-0.25, -0.2) is 0 Å². The standard InChI is InChI=1S/C36H47N5O4/c1-7-23-24(8-2)28-16-30-26(12-10-14-43)22(4)34(41-30)20-38-32-18-36(45-6)35(44-5)17-31(32)37-19-33-21(3)25(11-9-13-42)29(40-33)15-27(23)39-28/h17-20,39-43H,7-16H2,1-6H3. The summed E-state index contributed by atoms with van der Waals surface area (Å²) in [6, 6.07) is 3.70. The van der Waals surface area contributed by atoms with Crippen molar-refractivity contribution in [2.45, 2.75) is 79.1 Å². The van der Waals surface area contributed by atoms with E-state index in [4.69, 9.17) is 19.5 Å². The van der Waals surface area contributed by atoms with Gasteiger partial charge in [0.1, 0.15) is 0 Å². The average molecular weight is 614 g/mol. The molecule has 0 atom stereocenters. The van der Waals surface area contributed by atoms with E-state index in [1.165, 1.54) is 33.6 Å². The summed E-state index contributed by atoms with van der Waals surface area (Å²) >= 11 is 0. The van der Waals surface area contributed by atoms with Gasteiger partial charge in [-0.3, -0.25) is 9.98 Å². The van der Waals surface area contributed by atoms with Gasteiger partial charge >= 0.3 is 0 Å². The number of ether oxygens (including phenoxy) is 2. The molecule has 0 unspecified atom stereocenters. The highest BCUT2D eigenvalue weighted by molar-refractivity contribution is 5.88. The van der Waals surface area contributed by atoms with E-state index in [0.717, 1.165) is 72.4 Å². The maximum absolute atomic E-state index is 9.69. The number of hydrogen-bond donors (Lipinski definition) is 5. The second-order valence-corrected chi connectivity index (χ2v) is 11.7. The van der Waals surface area contributed by atoms with Crippen molar-refractivity contribution in [3.63, 3.8) is 0 Å². The fraction of sp³-hybridized carbons (Fsp3) is 0.444. The molecule has 0 saturated heterocycles. The van der Waals surface area contributed by atoms with Crippen molar-refractivity contribution < 1.29 is 19.7 Å². The zero-order valence-corrected chi connectivity index (χ0v) is 27.5. The summed E-state index contributed by atoms with van der Waals surface area (Å²) in [5.41, 5.74) is 15.4. The minimum Gasteiger partial charge on any atom is -0.493 e. The smallest absolute Gasteiger partial charge is 0.163 e. The molecular formula is C36H47N5O4. The predicted octanol–water partition coefficient (Wildman–Crippen LogP) is 6.28. The first-order chi connectivity index (χ1) is 21.9. The van der Waals surface area contributed by atoms with Crippen LogP contribution in [0.15, 0.2) is 22.1 Å². The van der Waals surface area contributed by atoms with Gasteiger partial charge in [0.2, 0.25) is 0 Å². The third-order valence-corrected chi connectivity index (χ3v) is 9.14. The molecule has 0 fully saturated rings. The highest BCUT2D eigenvalue weighted by Gasteiger charge is 2.22. The lowest BCUT2D eigenvalue weighted by molar-refractivity contribution is 0.288. The zero-order valence-electron chi connectivity index (χ0n) is 27.5. The van der Waals surface area contributed by atoms with Crippen LogP contribution in [0.3, 0.4) is 0 Å². The number of hydrogen-bond acceptors (Lipinski definition) is 6. The molecule has 1 aliphatic heterocycles. The summed E-state index contributed by atoms with van der Waals surface area (Å²) in [6.45, 7) is 8.99. The molecule has 5 N–H and O–H groups in total. The molecule has 0 amide bonds. The van der Waals surface area contributed by atoms with Gasteiger partial charge in [0, 0.05) is 61.0 Å². The molecular weight excluding hydrogens is 566 g/mol. The number of aliphatic hydroxyl groups is 2. The first kappa shape index (κ1) is 32.3. The number of H-pyrrole nitrogens is 3. The number of aliphatic imine (C=N–C) groups is 2. The Bertz CT molecular complexity index is 1580. The Hall–Kier alpha value is -4.08. The average Bonchev–Trinajstić information content (AvgIpc) is 3.65. The van der Waals surface area contributed by atoms with Crippen LogP contribution in [0.4, 0.5) is 11.4 Å². The van der Waals surface area contributed by atoms with E-state index in [9.17, 15) is 10.2 Å². The monoisotopic (exact) mass is 613 g/mol. The molecule has 45 heavy (non-hydrogen) atoms. The summed E-state index contributed by atoms with van der Waals surface area (Å²) in [6.07, 6.45) is 10.0. The summed E-state index contributed by atoms with van der Waals surface area (Å²) in [4.78, 5) is 21.1. The molecule has 4 aromatic rings. The SMILES string of the molecule is CCc1c2[nH]c(c1CC)Cc1[nH]c(c(C)c1CCCO)C=Nc1cc(OC)c(OC)cc1N=Cc1[nH]c(c(CCCO)c1C)C2. The Balaban J connectivity index is 1.75. The van der Waals surface area contributed by atoms with E-state index in [2.05, 4.69) is 42.6 Å². The van der Waals surface area contributed by atoms with Gasteiger partial charge in [0.25, 0.3) is 0 Å². The van der Waals surface area contributed by atoms with Crippen LogP contribution in [0.5, 0.6) is 11.5 Å². The number of benzene rings is 1. The van der Waals surface area contributed by atoms with Gasteiger partial charge in [-0.15, -0.1) is 0 Å². The second kappa shape index (κ2) is 14.3. The van der Waals surface area contributed by atoms with Crippen molar-refractivity contribution in [1.82, 2.24) is 15.0 Å². The lowest BCUT2D eigenvalue weighted by Gasteiger charge is -2.10. The molecule has 4 heterocycles. The number of nitrogens with one attached hydrogen (secondary N) is 3. The van der Waals surface area contributed by atoms with Gasteiger partial charge in [-0.05, 0) is 85.8 Å². The molecule has 0 spiro atoms. The number of aromatic nitrogens is 3. The molecule has 5 rings (SSSR count). The molecule has 3 aromatic heterocycles.